The van der Waals surface area contributed by atoms with Crippen molar-refractivity contribution in [3.63, 3.8) is 0 Å². The van der Waals surface area contributed by atoms with E-state index in [2.05, 4.69) is 10.6 Å². The van der Waals surface area contributed by atoms with Gasteiger partial charge in [0.15, 0.2) is 0 Å². The molecule has 0 fully saturated rings. The predicted molar refractivity (Wildman–Crippen MR) is 75.1 cm³/mol. The second kappa shape index (κ2) is 6.40. The lowest BCUT2D eigenvalue weighted by Crippen LogP contribution is -2.37. The molecule has 1 rings (SSSR count). The van der Waals surface area contributed by atoms with Crippen LogP contribution in [0.1, 0.15) is 24.2 Å². The Hall–Kier alpha value is -1.79. The fourth-order valence-corrected chi connectivity index (χ4v) is 1.45. The lowest BCUT2D eigenvalue weighted by atomic mass is 10.1. The molecule has 1 aromatic carbocycles. The average molecular weight is 267 g/mol. The van der Waals surface area contributed by atoms with Gasteiger partial charge in [0.25, 0.3) is 5.91 Å². The summed E-state index contributed by atoms with van der Waals surface area (Å²) in [7, 11) is 0. The number of aliphatic hydroxyl groups is 2. The molecule has 6 N–H and O–H groups in total. The van der Waals surface area contributed by atoms with Crippen LogP contribution in [-0.4, -0.2) is 41.4 Å². The normalized spacial score (nSPS) is 13.7. The van der Waals surface area contributed by atoms with Gasteiger partial charge in [-0.05, 0) is 32.0 Å². The van der Waals surface area contributed by atoms with Gasteiger partial charge in [0.05, 0.1) is 18.0 Å². The molecule has 106 valence electrons. The third kappa shape index (κ3) is 4.42. The minimum absolute atomic E-state index is 0.131. The van der Waals surface area contributed by atoms with Crippen molar-refractivity contribution in [3.8, 4) is 0 Å². The molecule has 19 heavy (non-hydrogen) atoms. The third-order valence-corrected chi connectivity index (χ3v) is 2.65. The van der Waals surface area contributed by atoms with Crippen LogP contribution in [0.5, 0.6) is 0 Å². The average Bonchev–Trinajstić information content (AvgIpc) is 2.38. The number of nitrogens with two attached hydrogens (primary N) is 1. The number of benzene rings is 1. The van der Waals surface area contributed by atoms with Crippen LogP contribution in [0.4, 0.5) is 11.4 Å². The Morgan fingerprint density at radius 1 is 1.47 bits per heavy atom. The zero-order valence-electron chi connectivity index (χ0n) is 11.2. The number of nitrogens with one attached hydrogen (secondary N) is 2. The first-order chi connectivity index (χ1) is 8.89. The first kappa shape index (κ1) is 15.3. The van der Waals surface area contributed by atoms with E-state index in [0.29, 0.717) is 23.5 Å². The second-order valence-corrected chi connectivity index (χ2v) is 4.67. The van der Waals surface area contributed by atoms with Gasteiger partial charge >= 0.3 is 0 Å². The van der Waals surface area contributed by atoms with E-state index in [1.807, 2.05) is 6.92 Å². The van der Waals surface area contributed by atoms with Gasteiger partial charge in [0, 0.05) is 18.7 Å². The van der Waals surface area contributed by atoms with E-state index in [1.165, 1.54) is 6.92 Å². The van der Waals surface area contributed by atoms with Crippen molar-refractivity contribution in [2.75, 3.05) is 30.7 Å². The van der Waals surface area contributed by atoms with Crippen molar-refractivity contribution < 1.29 is 15.0 Å². The number of hydrogen-bond acceptors (Lipinski definition) is 5. The van der Waals surface area contributed by atoms with Crippen molar-refractivity contribution in [3.05, 3.63) is 23.8 Å². The van der Waals surface area contributed by atoms with Gasteiger partial charge in [0.2, 0.25) is 0 Å². The molecule has 1 amide bonds. The monoisotopic (exact) mass is 267 g/mol. The molecule has 0 saturated carbocycles. The van der Waals surface area contributed by atoms with Crippen molar-refractivity contribution in [2.24, 2.45) is 0 Å². The first-order valence-corrected chi connectivity index (χ1v) is 6.14. The lowest BCUT2D eigenvalue weighted by molar-refractivity contribution is 0.0132. The Balaban J connectivity index is 2.83. The maximum atomic E-state index is 11.7. The number of nitrogen functional groups attached to an aromatic ring is 1. The summed E-state index contributed by atoms with van der Waals surface area (Å²) in [4.78, 5) is 11.7. The Morgan fingerprint density at radius 2 is 2.16 bits per heavy atom. The Bertz CT molecular complexity index is 447. The highest BCUT2D eigenvalue weighted by molar-refractivity contribution is 5.96. The fraction of sp³-hybridized carbons (Fsp3) is 0.462. The van der Waals surface area contributed by atoms with Crippen LogP contribution in [0, 0.1) is 0 Å². The Morgan fingerprint density at radius 3 is 2.74 bits per heavy atom. The minimum atomic E-state index is -1.24. The highest BCUT2D eigenvalue weighted by atomic mass is 16.3. The molecular formula is C13H21N3O3. The molecule has 0 aliphatic rings. The molecule has 0 saturated heterocycles. The van der Waals surface area contributed by atoms with Gasteiger partial charge in [-0.25, -0.2) is 0 Å². The molecule has 1 aromatic rings. The quantitative estimate of drug-likeness (QED) is 0.472. The lowest BCUT2D eigenvalue weighted by Gasteiger charge is -2.22. The van der Waals surface area contributed by atoms with Crippen LogP contribution in [0.2, 0.25) is 0 Å². The van der Waals surface area contributed by atoms with Gasteiger partial charge in [-0.1, -0.05) is 0 Å². The van der Waals surface area contributed by atoms with E-state index in [9.17, 15) is 9.90 Å². The van der Waals surface area contributed by atoms with E-state index in [4.69, 9.17) is 10.8 Å². The Kier molecular flexibility index (Phi) is 5.14. The number of rotatable bonds is 6. The van der Waals surface area contributed by atoms with Crippen molar-refractivity contribution in [1.82, 2.24) is 5.32 Å². The van der Waals surface area contributed by atoms with Crippen LogP contribution in [0.25, 0.3) is 0 Å². The fourth-order valence-electron chi connectivity index (χ4n) is 1.45. The van der Waals surface area contributed by atoms with E-state index >= 15 is 0 Å². The molecule has 1 unspecified atom stereocenters. The summed E-state index contributed by atoms with van der Waals surface area (Å²) in [6, 6.07) is 4.88. The van der Waals surface area contributed by atoms with Gasteiger partial charge < -0.3 is 26.6 Å². The number of carbonyl (C=O) groups is 1. The second-order valence-electron chi connectivity index (χ2n) is 4.67. The van der Waals surface area contributed by atoms with E-state index in [1.54, 1.807) is 18.2 Å². The Labute approximate surface area is 112 Å². The summed E-state index contributed by atoms with van der Waals surface area (Å²) in [5, 5.41) is 24.3. The number of aliphatic hydroxyl groups excluding tert-OH is 1. The molecular weight excluding hydrogens is 246 g/mol. The summed E-state index contributed by atoms with van der Waals surface area (Å²) in [5.74, 6) is -0.181. The van der Waals surface area contributed by atoms with Crippen molar-refractivity contribution >= 4 is 17.3 Å². The van der Waals surface area contributed by atoms with Crippen LogP contribution >= 0.6 is 0 Å². The van der Waals surface area contributed by atoms with Gasteiger partial charge in [0.1, 0.15) is 5.60 Å². The molecule has 6 heteroatoms. The SMILES string of the molecule is CCNC(=O)c1ccc(N)c(NCC(C)(O)CO)c1. The van der Waals surface area contributed by atoms with E-state index in [-0.39, 0.29) is 19.1 Å². The molecule has 0 aromatic heterocycles. The summed E-state index contributed by atoms with van der Waals surface area (Å²) >= 11 is 0. The topological polar surface area (TPSA) is 108 Å². The van der Waals surface area contributed by atoms with Gasteiger partial charge in [-0.3, -0.25) is 4.79 Å². The highest BCUT2D eigenvalue weighted by Crippen LogP contribution is 2.21. The zero-order chi connectivity index (χ0) is 14.5. The third-order valence-electron chi connectivity index (χ3n) is 2.65. The van der Waals surface area contributed by atoms with Gasteiger partial charge in [-0.2, -0.15) is 0 Å². The number of hydrogen-bond donors (Lipinski definition) is 5. The van der Waals surface area contributed by atoms with E-state index in [0.717, 1.165) is 0 Å². The molecule has 0 radical (unpaired) electrons. The standard InChI is InChI=1S/C13H21N3O3/c1-3-15-12(18)9-4-5-10(14)11(6-9)16-7-13(2,19)8-17/h4-6,16-17,19H,3,7-8,14H2,1-2H3,(H,15,18). The summed E-state index contributed by atoms with van der Waals surface area (Å²) in [6.07, 6.45) is 0. The van der Waals surface area contributed by atoms with Gasteiger partial charge in [-0.15, -0.1) is 0 Å². The zero-order valence-corrected chi connectivity index (χ0v) is 11.2. The molecule has 6 nitrogen and oxygen atoms in total. The van der Waals surface area contributed by atoms with Crippen LogP contribution < -0.4 is 16.4 Å². The van der Waals surface area contributed by atoms with Crippen LogP contribution in [-0.2, 0) is 0 Å². The molecule has 0 aliphatic carbocycles. The molecule has 0 bridgehead atoms. The smallest absolute Gasteiger partial charge is 0.251 e. The largest absolute Gasteiger partial charge is 0.397 e. The van der Waals surface area contributed by atoms with Crippen LogP contribution in [0.3, 0.4) is 0 Å². The molecule has 1 atom stereocenters. The maximum Gasteiger partial charge on any atom is 0.251 e. The maximum absolute atomic E-state index is 11.7. The number of carbonyl (C=O) groups excluding carboxylic acids is 1. The summed E-state index contributed by atoms with van der Waals surface area (Å²) < 4.78 is 0. The number of anilines is 2. The van der Waals surface area contributed by atoms with E-state index < -0.39 is 5.60 Å². The number of amides is 1. The van der Waals surface area contributed by atoms with Crippen LogP contribution in [0.15, 0.2) is 18.2 Å². The first-order valence-electron chi connectivity index (χ1n) is 6.14. The predicted octanol–water partition coefficient (Wildman–Crippen LogP) is 0.174. The minimum Gasteiger partial charge on any atom is -0.397 e. The van der Waals surface area contributed by atoms with Crippen molar-refractivity contribution in [2.45, 2.75) is 19.4 Å². The summed E-state index contributed by atoms with van der Waals surface area (Å²) in [5.41, 5.74) is 6.07. The van der Waals surface area contributed by atoms with Crippen molar-refractivity contribution in [1.29, 1.82) is 0 Å². The molecule has 0 heterocycles. The summed E-state index contributed by atoms with van der Waals surface area (Å²) in [6.45, 7) is 3.66. The highest BCUT2D eigenvalue weighted by Gasteiger charge is 2.19. The molecule has 0 aliphatic heterocycles. The molecule has 0 spiro atoms.